The van der Waals surface area contributed by atoms with Gasteiger partial charge >= 0.3 is 0 Å². The van der Waals surface area contributed by atoms with E-state index in [2.05, 4.69) is 6.58 Å². The Morgan fingerprint density at radius 1 is 1.46 bits per heavy atom. The molecule has 0 aliphatic heterocycles. The van der Waals surface area contributed by atoms with Gasteiger partial charge in [0.1, 0.15) is 0 Å². The highest BCUT2D eigenvalue weighted by Gasteiger charge is 2.16. The summed E-state index contributed by atoms with van der Waals surface area (Å²) >= 11 is 0. The highest BCUT2D eigenvalue weighted by molar-refractivity contribution is 5.47. The molecule has 1 rings (SSSR count). The SMILES string of the molecule is C=C(C)/C(=C\[C]1[CH][CH][CH][CH]1)C(C)O. The first-order valence-corrected chi connectivity index (χ1v) is 4.38. The average Bonchev–Trinajstić information content (AvgIpc) is 2.50. The van der Waals surface area contributed by atoms with Crippen molar-refractivity contribution in [1.82, 2.24) is 0 Å². The summed E-state index contributed by atoms with van der Waals surface area (Å²) in [7, 11) is 0. The molecule has 0 aromatic heterocycles. The number of hydrogen-bond acceptors (Lipinski definition) is 1. The summed E-state index contributed by atoms with van der Waals surface area (Å²) in [4.78, 5) is 0. The van der Waals surface area contributed by atoms with E-state index in [1.54, 1.807) is 6.92 Å². The molecule has 0 aromatic carbocycles. The standard InChI is InChI=1S/C12H15O/c1-9(2)12(10(3)13)8-11-6-4-5-7-11/h4-8,10,13H,1H2,2-3H3/b12-8+. The first kappa shape index (κ1) is 10.5. The van der Waals surface area contributed by atoms with Gasteiger partial charge < -0.3 is 5.11 Å². The molecular formula is C12H15O. The Labute approximate surface area is 81.2 Å². The zero-order valence-electron chi connectivity index (χ0n) is 8.12. The highest BCUT2D eigenvalue weighted by atomic mass is 16.3. The Balaban J connectivity index is 2.67. The maximum atomic E-state index is 9.45. The molecule has 0 spiro atoms. The molecular weight excluding hydrogens is 160 g/mol. The molecule has 1 aliphatic carbocycles. The topological polar surface area (TPSA) is 20.2 Å². The van der Waals surface area contributed by atoms with Gasteiger partial charge in [-0.2, -0.15) is 0 Å². The van der Waals surface area contributed by atoms with E-state index in [9.17, 15) is 5.11 Å². The van der Waals surface area contributed by atoms with Crippen molar-refractivity contribution in [1.29, 1.82) is 0 Å². The lowest BCUT2D eigenvalue weighted by atomic mass is 9.97. The molecule has 1 atom stereocenters. The molecule has 0 bridgehead atoms. The Morgan fingerprint density at radius 3 is 2.38 bits per heavy atom. The predicted molar refractivity (Wildman–Crippen MR) is 55.0 cm³/mol. The minimum absolute atomic E-state index is 0.451. The second-order valence-corrected chi connectivity index (χ2v) is 3.27. The van der Waals surface area contributed by atoms with Crippen molar-refractivity contribution in [2.75, 3.05) is 0 Å². The summed E-state index contributed by atoms with van der Waals surface area (Å²) in [5, 5.41) is 9.45. The molecule has 1 nitrogen and oxygen atoms in total. The largest absolute Gasteiger partial charge is 0.389 e. The smallest absolute Gasteiger partial charge is 0.0761 e. The third-order valence-electron chi connectivity index (χ3n) is 1.95. The zero-order valence-corrected chi connectivity index (χ0v) is 8.12. The van der Waals surface area contributed by atoms with Crippen molar-refractivity contribution in [2.45, 2.75) is 20.0 Å². The van der Waals surface area contributed by atoms with E-state index in [0.29, 0.717) is 0 Å². The van der Waals surface area contributed by atoms with Crippen LogP contribution in [0.4, 0.5) is 0 Å². The van der Waals surface area contributed by atoms with Crippen LogP contribution in [0.3, 0.4) is 0 Å². The lowest BCUT2D eigenvalue weighted by Gasteiger charge is -2.12. The number of hydrogen-bond donors (Lipinski definition) is 1. The van der Waals surface area contributed by atoms with E-state index in [-0.39, 0.29) is 0 Å². The van der Waals surface area contributed by atoms with Crippen molar-refractivity contribution in [3.8, 4) is 0 Å². The van der Waals surface area contributed by atoms with Crippen LogP contribution >= 0.6 is 0 Å². The van der Waals surface area contributed by atoms with Crippen molar-refractivity contribution < 1.29 is 5.11 Å². The minimum atomic E-state index is -0.451. The molecule has 1 unspecified atom stereocenters. The molecule has 0 heterocycles. The molecule has 1 aliphatic rings. The molecule has 0 amide bonds. The quantitative estimate of drug-likeness (QED) is 0.652. The average molecular weight is 175 g/mol. The fourth-order valence-corrected chi connectivity index (χ4v) is 1.27. The molecule has 1 fully saturated rings. The van der Waals surface area contributed by atoms with Gasteiger partial charge in [0.15, 0.2) is 0 Å². The first-order valence-electron chi connectivity index (χ1n) is 4.38. The monoisotopic (exact) mass is 175 g/mol. The van der Waals surface area contributed by atoms with Gasteiger partial charge in [0, 0.05) is 5.92 Å². The van der Waals surface area contributed by atoms with Crippen molar-refractivity contribution in [3.05, 3.63) is 55.4 Å². The van der Waals surface area contributed by atoms with Crippen molar-refractivity contribution >= 4 is 0 Å². The van der Waals surface area contributed by atoms with E-state index >= 15 is 0 Å². The van der Waals surface area contributed by atoms with Crippen LogP contribution < -0.4 is 0 Å². The van der Waals surface area contributed by atoms with Gasteiger partial charge in [0.05, 0.1) is 6.10 Å². The summed E-state index contributed by atoms with van der Waals surface area (Å²) in [5.74, 6) is 1.11. The maximum absolute atomic E-state index is 9.45. The summed E-state index contributed by atoms with van der Waals surface area (Å²) in [6.07, 6.45) is 9.48. The van der Waals surface area contributed by atoms with Gasteiger partial charge in [0.2, 0.25) is 0 Å². The van der Waals surface area contributed by atoms with Crippen LogP contribution in [0, 0.1) is 31.6 Å². The minimum Gasteiger partial charge on any atom is -0.389 e. The van der Waals surface area contributed by atoms with Gasteiger partial charge in [0.25, 0.3) is 0 Å². The molecule has 1 N–H and O–H groups in total. The van der Waals surface area contributed by atoms with Gasteiger partial charge in [-0.05, 0) is 45.1 Å². The summed E-state index contributed by atoms with van der Waals surface area (Å²) in [6.45, 7) is 7.49. The van der Waals surface area contributed by atoms with Gasteiger partial charge in [-0.3, -0.25) is 0 Å². The van der Waals surface area contributed by atoms with E-state index in [4.69, 9.17) is 0 Å². The summed E-state index contributed by atoms with van der Waals surface area (Å²) in [6, 6.07) is 0. The predicted octanol–water partition coefficient (Wildman–Crippen LogP) is 2.27. The van der Waals surface area contributed by atoms with E-state index in [1.807, 2.05) is 38.7 Å². The Kier molecular flexibility index (Phi) is 3.73. The third kappa shape index (κ3) is 3.00. The number of aliphatic hydroxyl groups is 1. The van der Waals surface area contributed by atoms with Crippen LogP contribution in [0.2, 0.25) is 0 Å². The van der Waals surface area contributed by atoms with Gasteiger partial charge in [-0.25, -0.2) is 0 Å². The molecule has 0 aromatic rings. The highest BCUT2D eigenvalue weighted by Crippen LogP contribution is 2.27. The molecule has 1 saturated carbocycles. The van der Waals surface area contributed by atoms with Crippen LogP contribution in [-0.4, -0.2) is 11.2 Å². The summed E-state index contributed by atoms with van der Waals surface area (Å²) in [5.41, 5.74) is 1.81. The first-order chi connectivity index (χ1) is 6.11. The molecule has 5 radical (unpaired) electrons. The normalized spacial score (nSPS) is 21.9. The fraction of sp³-hybridized carbons (Fsp3) is 0.250. The Hall–Kier alpha value is -0.560. The zero-order chi connectivity index (χ0) is 9.84. The summed E-state index contributed by atoms with van der Waals surface area (Å²) < 4.78 is 0. The Morgan fingerprint density at radius 2 is 2.00 bits per heavy atom. The van der Waals surface area contributed by atoms with Crippen molar-refractivity contribution in [2.24, 2.45) is 0 Å². The third-order valence-corrected chi connectivity index (χ3v) is 1.95. The second-order valence-electron chi connectivity index (χ2n) is 3.27. The van der Waals surface area contributed by atoms with Gasteiger partial charge in [-0.1, -0.05) is 18.2 Å². The Bertz CT molecular complexity index is 207. The van der Waals surface area contributed by atoms with Crippen molar-refractivity contribution in [3.63, 3.8) is 0 Å². The molecule has 69 valence electrons. The van der Waals surface area contributed by atoms with Crippen LogP contribution in [0.1, 0.15) is 13.8 Å². The van der Waals surface area contributed by atoms with Crippen LogP contribution in [-0.2, 0) is 0 Å². The molecule has 13 heavy (non-hydrogen) atoms. The molecule has 1 heteroatoms. The second kappa shape index (κ2) is 4.61. The van der Waals surface area contributed by atoms with Crippen LogP contribution in [0.25, 0.3) is 0 Å². The molecule has 0 saturated heterocycles. The number of allylic oxidation sites excluding steroid dienone is 1. The fourth-order valence-electron chi connectivity index (χ4n) is 1.27. The lowest BCUT2D eigenvalue weighted by molar-refractivity contribution is 0.233. The van der Waals surface area contributed by atoms with E-state index in [1.165, 1.54) is 0 Å². The lowest BCUT2D eigenvalue weighted by Crippen LogP contribution is -2.07. The number of aliphatic hydroxyl groups excluding tert-OH is 1. The number of rotatable bonds is 3. The maximum Gasteiger partial charge on any atom is 0.0761 e. The van der Waals surface area contributed by atoms with E-state index in [0.717, 1.165) is 17.1 Å². The van der Waals surface area contributed by atoms with Crippen LogP contribution in [0.15, 0.2) is 23.8 Å². The van der Waals surface area contributed by atoms with E-state index < -0.39 is 6.10 Å². The van der Waals surface area contributed by atoms with Gasteiger partial charge in [-0.15, -0.1) is 0 Å². The van der Waals surface area contributed by atoms with Crippen LogP contribution in [0.5, 0.6) is 0 Å².